The van der Waals surface area contributed by atoms with Gasteiger partial charge in [-0.2, -0.15) is 13.2 Å². The average molecular weight is 296 g/mol. The molecule has 0 aromatic heterocycles. The maximum Gasteiger partial charge on any atom is 0.401 e. The Kier molecular flexibility index (Phi) is 5.87. The number of hydrogen-bond donors (Lipinski definition) is 2. The van der Waals surface area contributed by atoms with Crippen LogP contribution in [0, 0.1) is 11.6 Å². The summed E-state index contributed by atoms with van der Waals surface area (Å²) in [5, 5.41) is 4.28. The summed E-state index contributed by atoms with van der Waals surface area (Å²) >= 11 is 0. The van der Waals surface area contributed by atoms with E-state index in [0.29, 0.717) is 5.56 Å². The number of nitrogens with one attached hydrogen (secondary N) is 2. The summed E-state index contributed by atoms with van der Waals surface area (Å²) in [5.74, 6) is -2.07. The molecule has 1 amide bonds. The first-order valence-electron chi connectivity index (χ1n) is 5.75. The van der Waals surface area contributed by atoms with E-state index in [1.807, 2.05) is 5.32 Å². The molecule has 0 bridgehead atoms. The van der Waals surface area contributed by atoms with E-state index in [1.54, 1.807) is 0 Å². The molecule has 3 nitrogen and oxygen atoms in total. The second-order valence-corrected chi connectivity index (χ2v) is 4.10. The van der Waals surface area contributed by atoms with Gasteiger partial charge < -0.3 is 10.6 Å². The summed E-state index contributed by atoms with van der Waals surface area (Å²) in [5.41, 5.74) is 0.353. The van der Waals surface area contributed by atoms with Gasteiger partial charge in [-0.1, -0.05) is 0 Å². The SMILES string of the molecule is O=C(CNCC(F)(F)F)NCCc1cc(F)cc(F)c1. The third kappa shape index (κ3) is 7.03. The summed E-state index contributed by atoms with van der Waals surface area (Å²) in [7, 11) is 0. The van der Waals surface area contributed by atoms with Crippen molar-refractivity contribution in [2.75, 3.05) is 19.6 Å². The van der Waals surface area contributed by atoms with Crippen LogP contribution in [0.5, 0.6) is 0 Å². The van der Waals surface area contributed by atoms with Crippen molar-refractivity contribution < 1.29 is 26.7 Å². The van der Waals surface area contributed by atoms with Gasteiger partial charge in [-0.05, 0) is 24.1 Å². The quantitative estimate of drug-likeness (QED) is 0.786. The molecular formula is C12H13F5N2O. The Balaban J connectivity index is 2.25. The molecule has 0 saturated carbocycles. The Morgan fingerprint density at radius 3 is 2.25 bits per heavy atom. The van der Waals surface area contributed by atoms with E-state index < -0.39 is 36.8 Å². The fraction of sp³-hybridized carbons (Fsp3) is 0.417. The molecule has 112 valence electrons. The van der Waals surface area contributed by atoms with E-state index in [4.69, 9.17) is 0 Å². The van der Waals surface area contributed by atoms with Crippen LogP contribution in [-0.4, -0.2) is 31.7 Å². The highest BCUT2D eigenvalue weighted by molar-refractivity contribution is 5.77. The van der Waals surface area contributed by atoms with Gasteiger partial charge in [-0.3, -0.25) is 4.79 Å². The molecule has 0 aliphatic carbocycles. The van der Waals surface area contributed by atoms with Crippen LogP contribution in [0.15, 0.2) is 18.2 Å². The van der Waals surface area contributed by atoms with Crippen LogP contribution >= 0.6 is 0 Å². The van der Waals surface area contributed by atoms with Gasteiger partial charge in [0, 0.05) is 12.6 Å². The van der Waals surface area contributed by atoms with Crippen molar-refractivity contribution in [3.63, 3.8) is 0 Å². The van der Waals surface area contributed by atoms with Crippen LogP contribution < -0.4 is 10.6 Å². The summed E-state index contributed by atoms with van der Waals surface area (Å²) in [6, 6.07) is 2.97. The highest BCUT2D eigenvalue weighted by Gasteiger charge is 2.26. The number of halogens is 5. The van der Waals surface area contributed by atoms with Gasteiger partial charge in [0.15, 0.2) is 0 Å². The standard InChI is InChI=1S/C12H13F5N2O/c13-9-3-8(4-10(14)5-9)1-2-19-11(20)6-18-7-12(15,16)17/h3-5,18H,1-2,6-7H2,(H,19,20). The van der Waals surface area contributed by atoms with Crippen molar-refractivity contribution in [3.8, 4) is 0 Å². The average Bonchev–Trinajstić information content (AvgIpc) is 2.25. The van der Waals surface area contributed by atoms with E-state index >= 15 is 0 Å². The smallest absolute Gasteiger partial charge is 0.355 e. The maximum absolute atomic E-state index is 12.8. The lowest BCUT2D eigenvalue weighted by molar-refractivity contribution is -0.128. The predicted molar refractivity (Wildman–Crippen MR) is 62.0 cm³/mol. The zero-order valence-electron chi connectivity index (χ0n) is 10.4. The van der Waals surface area contributed by atoms with Crippen LogP contribution in [0.3, 0.4) is 0 Å². The molecule has 1 aromatic carbocycles. The van der Waals surface area contributed by atoms with Crippen molar-refractivity contribution in [3.05, 3.63) is 35.4 Å². The van der Waals surface area contributed by atoms with Crippen molar-refractivity contribution in [2.24, 2.45) is 0 Å². The molecule has 0 fully saturated rings. The number of benzene rings is 1. The molecule has 0 unspecified atom stereocenters. The highest BCUT2D eigenvalue weighted by Crippen LogP contribution is 2.11. The number of amides is 1. The first-order chi connectivity index (χ1) is 9.26. The normalized spacial score (nSPS) is 11.4. The van der Waals surface area contributed by atoms with Crippen molar-refractivity contribution >= 4 is 5.91 Å². The Morgan fingerprint density at radius 2 is 1.70 bits per heavy atom. The van der Waals surface area contributed by atoms with Crippen molar-refractivity contribution in [2.45, 2.75) is 12.6 Å². The first kappa shape index (κ1) is 16.4. The second-order valence-electron chi connectivity index (χ2n) is 4.10. The molecule has 0 heterocycles. The molecule has 1 aromatic rings. The third-order valence-corrected chi connectivity index (χ3v) is 2.27. The molecular weight excluding hydrogens is 283 g/mol. The minimum atomic E-state index is -4.38. The minimum Gasteiger partial charge on any atom is -0.355 e. The molecule has 0 spiro atoms. The fourth-order valence-electron chi connectivity index (χ4n) is 1.48. The van der Waals surface area contributed by atoms with Crippen LogP contribution in [0.25, 0.3) is 0 Å². The summed E-state index contributed by atoms with van der Waals surface area (Å²) < 4.78 is 61.1. The monoisotopic (exact) mass is 296 g/mol. The minimum absolute atomic E-state index is 0.0788. The van der Waals surface area contributed by atoms with Gasteiger partial charge in [-0.15, -0.1) is 0 Å². The predicted octanol–water partition coefficient (Wildman–Crippen LogP) is 1.78. The topological polar surface area (TPSA) is 41.1 Å². The van der Waals surface area contributed by atoms with Crippen LogP contribution in [0.1, 0.15) is 5.56 Å². The molecule has 0 aliphatic rings. The van der Waals surface area contributed by atoms with E-state index in [9.17, 15) is 26.7 Å². The van der Waals surface area contributed by atoms with E-state index in [-0.39, 0.29) is 13.0 Å². The lowest BCUT2D eigenvalue weighted by Crippen LogP contribution is -2.38. The first-order valence-corrected chi connectivity index (χ1v) is 5.75. The molecule has 2 N–H and O–H groups in total. The maximum atomic E-state index is 12.8. The molecule has 0 atom stereocenters. The van der Waals surface area contributed by atoms with Gasteiger partial charge in [-0.25, -0.2) is 8.78 Å². The lowest BCUT2D eigenvalue weighted by Gasteiger charge is -2.09. The van der Waals surface area contributed by atoms with Gasteiger partial charge in [0.25, 0.3) is 0 Å². The summed E-state index contributed by atoms with van der Waals surface area (Å²) in [6.45, 7) is -1.65. The Morgan fingerprint density at radius 1 is 1.10 bits per heavy atom. The van der Waals surface area contributed by atoms with Crippen molar-refractivity contribution in [1.29, 1.82) is 0 Å². The highest BCUT2D eigenvalue weighted by atomic mass is 19.4. The van der Waals surface area contributed by atoms with Gasteiger partial charge >= 0.3 is 6.18 Å². The molecule has 8 heteroatoms. The summed E-state index contributed by atoms with van der Waals surface area (Å²) in [4.78, 5) is 11.2. The summed E-state index contributed by atoms with van der Waals surface area (Å²) in [6.07, 6.45) is -4.20. The number of alkyl halides is 3. The Bertz CT molecular complexity index is 441. The second kappa shape index (κ2) is 7.18. The van der Waals surface area contributed by atoms with E-state index in [1.165, 1.54) is 0 Å². The largest absolute Gasteiger partial charge is 0.401 e. The van der Waals surface area contributed by atoms with Crippen molar-refractivity contribution in [1.82, 2.24) is 10.6 Å². The zero-order chi connectivity index (χ0) is 15.2. The molecule has 0 saturated heterocycles. The van der Waals surface area contributed by atoms with E-state index in [2.05, 4.69) is 5.32 Å². The molecule has 20 heavy (non-hydrogen) atoms. The number of hydrogen-bond acceptors (Lipinski definition) is 2. The Hall–Kier alpha value is -1.70. The van der Waals surface area contributed by atoms with E-state index in [0.717, 1.165) is 18.2 Å². The van der Waals surface area contributed by atoms with Gasteiger partial charge in [0.05, 0.1) is 13.1 Å². The Labute approximate surface area is 112 Å². The molecule has 1 rings (SSSR count). The third-order valence-electron chi connectivity index (χ3n) is 2.27. The zero-order valence-corrected chi connectivity index (χ0v) is 10.4. The van der Waals surface area contributed by atoms with Gasteiger partial charge in [0.1, 0.15) is 11.6 Å². The van der Waals surface area contributed by atoms with Gasteiger partial charge in [0.2, 0.25) is 5.91 Å². The molecule has 0 aliphatic heterocycles. The number of carbonyl (C=O) groups excluding carboxylic acids is 1. The fourth-order valence-corrected chi connectivity index (χ4v) is 1.48. The lowest BCUT2D eigenvalue weighted by atomic mass is 10.1. The van der Waals surface area contributed by atoms with Crippen LogP contribution in [0.2, 0.25) is 0 Å². The van der Waals surface area contributed by atoms with Crippen LogP contribution in [-0.2, 0) is 11.2 Å². The van der Waals surface area contributed by atoms with Crippen LogP contribution in [0.4, 0.5) is 22.0 Å². The number of rotatable bonds is 6. The molecule has 0 radical (unpaired) electrons. The number of carbonyl (C=O) groups is 1.